The van der Waals surface area contributed by atoms with E-state index in [1.807, 2.05) is 19.1 Å². The summed E-state index contributed by atoms with van der Waals surface area (Å²) in [5.41, 5.74) is 0.906. The molecule has 0 bridgehead atoms. The molecule has 84 valence electrons. The molecule has 15 heavy (non-hydrogen) atoms. The second-order valence-corrected chi connectivity index (χ2v) is 3.57. The second kappa shape index (κ2) is 6.24. The predicted molar refractivity (Wildman–Crippen MR) is 58.4 cm³/mol. The van der Waals surface area contributed by atoms with Gasteiger partial charge >= 0.3 is 0 Å². The van der Waals surface area contributed by atoms with E-state index < -0.39 is 0 Å². The number of aliphatic hydroxyl groups is 1. The maximum Gasteiger partial charge on any atom is 0.225 e. The van der Waals surface area contributed by atoms with E-state index in [4.69, 9.17) is 0 Å². The van der Waals surface area contributed by atoms with E-state index in [1.165, 1.54) is 0 Å². The summed E-state index contributed by atoms with van der Waals surface area (Å²) in [6.45, 7) is 2.46. The van der Waals surface area contributed by atoms with Crippen LogP contribution in [0.5, 0.6) is 0 Å². The Morgan fingerprint density at radius 2 is 2.47 bits per heavy atom. The first-order chi connectivity index (χ1) is 7.22. The van der Waals surface area contributed by atoms with Crippen LogP contribution in [0.2, 0.25) is 0 Å². The first-order valence-corrected chi connectivity index (χ1v) is 5.29. The van der Waals surface area contributed by atoms with E-state index in [0.717, 1.165) is 12.1 Å². The third-order valence-corrected chi connectivity index (χ3v) is 2.28. The fourth-order valence-electron chi connectivity index (χ4n) is 1.30. The largest absolute Gasteiger partial charge is 0.393 e. The highest BCUT2D eigenvalue weighted by atomic mass is 16.3. The van der Waals surface area contributed by atoms with Crippen molar-refractivity contribution in [2.45, 2.75) is 32.3 Å². The third kappa shape index (κ3) is 4.65. The topological polar surface area (TPSA) is 65.1 Å². The second-order valence-electron chi connectivity index (χ2n) is 3.57. The van der Waals surface area contributed by atoms with Gasteiger partial charge in [-0.2, -0.15) is 0 Å². The van der Waals surface area contributed by atoms with Crippen LogP contribution >= 0.6 is 0 Å². The van der Waals surface area contributed by atoms with Crippen LogP contribution in [0.1, 0.15) is 25.5 Å². The molecule has 0 aliphatic rings. The summed E-state index contributed by atoms with van der Waals surface area (Å²) in [6, 6.07) is 3.74. The molecule has 0 saturated carbocycles. The number of carbonyl (C=O) groups is 1. The molecular formula is C11H18N2O2. The van der Waals surface area contributed by atoms with Gasteiger partial charge in [-0.05, 0) is 25.0 Å². The molecule has 1 unspecified atom stereocenters. The normalized spacial score (nSPS) is 12.4. The van der Waals surface area contributed by atoms with Gasteiger partial charge in [0.2, 0.25) is 5.91 Å². The Morgan fingerprint density at radius 1 is 1.67 bits per heavy atom. The Kier molecular flexibility index (Phi) is 4.90. The summed E-state index contributed by atoms with van der Waals surface area (Å²) in [7, 11) is 0. The smallest absolute Gasteiger partial charge is 0.225 e. The van der Waals surface area contributed by atoms with Crippen molar-refractivity contribution in [1.82, 2.24) is 10.3 Å². The van der Waals surface area contributed by atoms with Crippen LogP contribution in [-0.4, -0.2) is 28.6 Å². The Morgan fingerprint density at radius 3 is 3.07 bits per heavy atom. The minimum Gasteiger partial charge on any atom is -0.393 e. The van der Waals surface area contributed by atoms with Gasteiger partial charge in [-0.3, -0.25) is 4.79 Å². The van der Waals surface area contributed by atoms with E-state index >= 15 is 0 Å². The van der Waals surface area contributed by atoms with Gasteiger partial charge < -0.3 is 15.4 Å². The third-order valence-electron chi connectivity index (χ3n) is 2.28. The van der Waals surface area contributed by atoms with Gasteiger partial charge in [-0.15, -0.1) is 0 Å². The lowest BCUT2D eigenvalue weighted by molar-refractivity contribution is -0.120. The lowest BCUT2D eigenvalue weighted by Crippen LogP contribution is -2.28. The molecule has 1 rings (SSSR count). The molecule has 0 saturated heterocycles. The Bertz CT molecular complexity index is 283. The number of hydrogen-bond acceptors (Lipinski definition) is 2. The van der Waals surface area contributed by atoms with Gasteiger partial charge in [0.1, 0.15) is 0 Å². The molecule has 0 radical (unpaired) electrons. The van der Waals surface area contributed by atoms with Gasteiger partial charge in [0.25, 0.3) is 0 Å². The summed E-state index contributed by atoms with van der Waals surface area (Å²) in [5.74, 6) is -0.0132. The predicted octanol–water partition coefficient (Wildman–Crippen LogP) is 0.834. The number of aromatic amines is 1. The highest BCUT2D eigenvalue weighted by molar-refractivity contribution is 5.78. The van der Waals surface area contributed by atoms with E-state index in [-0.39, 0.29) is 12.0 Å². The molecule has 4 heteroatoms. The van der Waals surface area contributed by atoms with Gasteiger partial charge in [-0.1, -0.05) is 6.92 Å². The van der Waals surface area contributed by atoms with Gasteiger partial charge in [0.05, 0.1) is 12.5 Å². The minimum absolute atomic E-state index is 0.0132. The molecule has 1 heterocycles. The average Bonchev–Trinajstić information content (AvgIpc) is 2.70. The molecule has 0 aliphatic heterocycles. The number of carbonyl (C=O) groups excluding carboxylic acids is 1. The van der Waals surface area contributed by atoms with Crippen molar-refractivity contribution in [3.05, 3.63) is 24.0 Å². The SMILES string of the molecule is CCC(O)CCNC(=O)Cc1ccc[nH]1. The van der Waals surface area contributed by atoms with Crippen molar-refractivity contribution < 1.29 is 9.90 Å². The van der Waals surface area contributed by atoms with Crippen LogP contribution in [-0.2, 0) is 11.2 Å². The maximum absolute atomic E-state index is 11.4. The van der Waals surface area contributed by atoms with Crippen LogP contribution < -0.4 is 5.32 Å². The van der Waals surface area contributed by atoms with Crippen molar-refractivity contribution in [2.75, 3.05) is 6.54 Å². The molecular weight excluding hydrogens is 192 g/mol. The summed E-state index contributed by atoms with van der Waals surface area (Å²) >= 11 is 0. The highest BCUT2D eigenvalue weighted by Crippen LogP contribution is 1.97. The van der Waals surface area contributed by atoms with Crippen molar-refractivity contribution in [3.63, 3.8) is 0 Å². The molecule has 3 N–H and O–H groups in total. The highest BCUT2D eigenvalue weighted by Gasteiger charge is 2.04. The Balaban J connectivity index is 2.14. The van der Waals surface area contributed by atoms with Crippen molar-refractivity contribution in [1.29, 1.82) is 0 Å². The van der Waals surface area contributed by atoms with Crippen molar-refractivity contribution in [3.8, 4) is 0 Å². The molecule has 1 aromatic rings. The number of rotatable bonds is 6. The molecule has 0 spiro atoms. The van der Waals surface area contributed by atoms with E-state index in [9.17, 15) is 9.90 Å². The monoisotopic (exact) mass is 210 g/mol. The van der Waals surface area contributed by atoms with E-state index in [0.29, 0.717) is 19.4 Å². The van der Waals surface area contributed by atoms with Crippen LogP contribution in [0.25, 0.3) is 0 Å². The zero-order valence-electron chi connectivity index (χ0n) is 8.99. The number of hydrogen-bond donors (Lipinski definition) is 3. The van der Waals surface area contributed by atoms with Gasteiger partial charge in [0, 0.05) is 18.4 Å². The number of nitrogens with one attached hydrogen (secondary N) is 2. The van der Waals surface area contributed by atoms with Crippen LogP contribution in [0.3, 0.4) is 0 Å². The van der Waals surface area contributed by atoms with Gasteiger partial charge in [-0.25, -0.2) is 0 Å². The Labute approximate surface area is 89.7 Å². The number of amides is 1. The Hall–Kier alpha value is -1.29. The molecule has 0 fully saturated rings. The average molecular weight is 210 g/mol. The summed E-state index contributed by atoms with van der Waals surface area (Å²) < 4.78 is 0. The zero-order chi connectivity index (χ0) is 11.1. The molecule has 0 aliphatic carbocycles. The maximum atomic E-state index is 11.4. The first kappa shape index (κ1) is 11.8. The fraction of sp³-hybridized carbons (Fsp3) is 0.545. The number of H-pyrrole nitrogens is 1. The van der Waals surface area contributed by atoms with E-state index in [1.54, 1.807) is 6.20 Å². The van der Waals surface area contributed by atoms with Gasteiger partial charge in [0.15, 0.2) is 0 Å². The zero-order valence-corrected chi connectivity index (χ0v) is 8.99. The van der Waals surface area contributed by atoms with Crippen LogP contribution in [0.15, 0.2) is 18.3 Å². The number of aromatic nitrogens is 1. The summed E-state index contributed by atoms with van der Waals surface area (Å²) in [5, 5.41) is 12.0. The molecule has 1 aromatic heterocycles. The lowest BCUT2D eigenvalue weighted by Gasteiger charge is -2.08. The van der Waals surface area contributed by atoms with Crippen LogP contribution in [0, 0.1) is 0 Å². The molecule has 0 aromatic carbocycles. The van der Waals surface area contributed by atoms with Crippen molar-refractivity contribution in [2.24, 2.45) is 0 Å². The lowest BCUT2D eigenvalue weighted by atomic mass is 10.2. The van der Waals surface area contributed by atoms with Crippen molar-refractivity contribution >= 4 is 5.91 Å². The molecule has 1 atom stereocenters. The summed E-state index contributed by atoms with van der Waals surface area (Å²) in [6.07, 6.45) is 3.20. The summed E-state index contributed by atoms with van der Waals surface area (Å²) in [4.78, 5) is 14.3. The first-order valence-electron chi connectivity index (χ1n) is 5.29. The van der Waals surface area contributed by atoms with E-state index in [2.05, 4.69) is 10.3 Å². The van der Waals surface area contributed by atoms with Crippen LogP contribution in [0.4, 0.5) is 0 Å². The standard InChI is InChI=1S/C11H18N2O2/c1-2-10(14)5-7-13-11(15)8-9-4-3-6-12-9/h3-4,6,10,12,14H,2,5,7-8H2,1H3,(H,13,15). The molecule has 1 amide bonds. The quantitative estimate of drug-likeness (QED) is 0.651. The minimum atomic E-state index is -0.309. The molecule has 4 nitrogen and oxygen atoms in total. The number of aliphatic hydroxyl groups excluding tert-OH is 1. The fourth-order valence-corrected chi connectivity index (χ4v) is 1.30.